The Morgan fingerprint density at radius 2 is 1.19 bits per heavy atom. The number of aliphatic hydroxyl groups excluding tert-OH is 1. The molecule has 0 radical (unpaired) electrons. The number of nitrogens with one attached hydrogen (secondary N) is 5. The fourth-order valence-electron chi connectivity index (χ4n) is 3.94. The van der Waals surface area contributed by atoms with E-state index in [0.29, 0.717) is 6.42 Å². The summed E-state index contributed by atoms with van der Waals surface area (Å²) in [5.74, 6) is -5.62. The van der Waals surface area contributed by atoms with Gasteiger partial charge in [-0.15, -0.1) is 0 Å². The van der Waals surface area contributed by atoms with Crippen LogP contribution in [0.5, 0.6) is 0 Å². The highest BCUT2D eigenvalue weighted by atomic mass is 16.4. The molecule has 0 aromatic heterocycles. The third-order valence-corrected chi connectivity index (χ3v) is 6.88. The van der Waals surface area contributed by atoms with E-state index in [4.69, 9.17) is 5.73 Å². The minimum absolute atomic E-state index is 0.0255. The second-order valence-electron chi connectivity index (χ2n) is 11.9. The maximum absolute atomic E-state index is 13.2. The molecule has 0 aliphatic carbocycles. The number of aliphatic hydroxyl groups is 1. The number of aliphatic carboxylic acids is 1. The number of carbonyl (C=O) groups is 6. The Bertz CT molecular complexity index is 939. The predicted octanol–water partition coefficient (Wildman–Crippen LogP) is -0.761. The summed E-state index contributed by atoms with van der Waals surface area (Å²) in [4.78, 5) is 75.7. The van der Waals surface area contributed by atoms with Crippen molar-refractivity contribution in [3.05, 3.63) is 0 Å². The first-order valence-corrected chi connectivity index (χ1v) is 14.5. The number of amides is 5. The summed E-state index contributed by atoms with van der Waals surface area (Å²) in [5, 5.41) is 31.7. The fraction of sp³-hybridized carbons (Fsp3) is 0.786. The number of carboxylic acids is 1. The highest BCUT2D eigenvalue weighted by Gasteiger charge is 2.33. The standard InChI is InChI=1S/C28H52N6O8/c1-10-16(8)23(34-25(38)20(29)17(9)35)26(39)30-12-19(36)31-18(11-13(2)3)24(37)32-21(14(4)5)27(40)33-22(15(6)7)28(41)42/h13-18,20-23,35H,10-12,29H2,1-9H3,(H,30,39)(H,31,36)(H,32,37)(H,33,40)(H,34,38)(H,41,42)/t16-,17+,18-,20-,21-,22-,23-/m0/s1. The molecule has 242 valence electrons. The molecule has 42 heavy (non-hydrogen) atoms. The van der Waals surface area contributed by atoms with E-state index in [0.717, 1.165) is 0 Å². The number of hydrogen-bond donors (Lipinski definition) is 8. The van der Waals surface area contributed by atoms with Crippen molar-refractivity contribution in [2.24, 2.45) is 29.4 Å². The molecule has 0 bridgehead atoms. The van der Waals surface area contributed by atoms with Crippen LogP contribution in [0.4, 0.5) is 0 Å². The lowest BCUT2D eigenvalue weighted by Crippen LogP contribution is -2.59. The van der Waals surface area contributed by atoms with Crippen molar-refractivity contribution in [2.45, 2.75) is 111 Å². The van der Waals surface area contributed by atoms with E-state index in [9.17, 15) is 39.0 Å². The van der Waals surface area contributed by atoms with Crippen molar-refractivity contribution in [1.82, 2.24) is 26.6 Å². The van der Waals surface area contributed by atoms with Gasteiger partial charge in [-0.05, 0) is 37.0 Å². The molecule has 5 amide bonds. The average molecular weight is 601 g/mol. The van der Waals surface area contributed by atoms with Gasteiger partial charge in [-0.1, -0.05) is 61.8 Å². The van der Waals surface area contributed by atoms with Gasteiger partial charge in [0.25, 0.3) is 0 Å². The van der Waals surface area contributed by atoms with Crippen LogP contribution < -0.4 is 32.3 Å². The van der Waals surface area contributed by atoms with Gasteiger partial charge in [-0.25, -0.2) is 4.79 Å². The molecular weight excluding hydrogens is 548 g/mol. The third-order valence-electron chi connectivity index (χ3n) is 6.88. The zero-order valence-corrected chi connectivity index (χ0v) is 26.3. The first-order chi connectivity index (χ1) is 19.3. The highest BCUT2D eigenvalue weighted by molar-refractivity contribution is 5.95. The van der Waals surface area contributed by atoms with Crippen LogP contribution in [0.15, 0.2) is 0 Å². The molecular formula is C28H52N6O8. The molecule has 0 unspecified atom stereocenters. The van der Waals surface area contributed by atoms with Crippen LogP contribution in [0.2, 0.25) is 0 Å². The molecule has 0 heterocycles. The van der Waals surface area contributed by atoms with E-state index < -0.39 is 78.4 Å². The van der Waals surface area contributed by atoms with Crippen LogP contribution in [-0.4, -0.2) is 88.6 Å². The lowest BCUT2D eigenvalue weighted by atomic mass is 9.97. The topological polar surface area (TPSA) is 229 Å². The molecule has 14 nitrogen and oxygen atoms in total. The average Bonchev–Trinajstić information content (AvgIpc) is 2.89. The van der Waals surface area contributed by atoms with Gasteiger partial charge in [0.2, 0.25) is 29.5 Å². The predicted molar refractivity (Wildman–Crippen MR) is 157 cm³/mol. The Hall–Kier alpha value is -3.26. The minimum Gasteiger partial charge on any atom is -0.480 e. The Morgan fingerprint density at radius 3 is 1.62 bits per heavy atom. The maximum atomic E-state index is 13.2. The first kappa shape index (κ1) is 38.7. The summed E-state index contributed by atoms with van der Waals surface area (Å²) in [5.41, 5.74) is 5.67. The van der Waals surface area contributed by atoms with Crippen LogP contribution >= 0.6 is 0 Å². The maximum Gasteiger partial charge on any atom is 0.326 e. The van der Waals surface area contributed by atoms with Crippen LogP contribution in [0.25, 0.3) is 0 Å². The second kappa shape index (κ2) is 18.3. The highest BCUT2D eigenvalue weighted by Crippen LogP contribution is 2.11. The first-order valence-electron chi connectivity index (χ1n) is 14.5. The van der Waals surface area contributed by atoms with Crippen molar-refractivity contribution in [3.63, 3.8) is 0 Å². The summed E-state index contributed by atoms with van der Waals surface area (Å²) in [7, 11) is 0. The normalized spacial score (nSPS) is 16.4. The summed E-state index contributed by atoms with van der Waals surface area (Å²) >= 11 is 0. The van der Waals surface area contributed by atoms with E-state index >= 15 is 0 Å². The van der Waals surface area contributed by atoms with E-state index in [2.05, 4.69) is 26.6 Å². The van der Waals surface area contributed by atoms with Crippen molar-refractivity contribution in [3.8, 4) is 0 Å². The molecule has 7 atom stereocenters. The molecule has 0 aliphatic heterocycles. The molecule has 9 N–H and O–H groups in total. The van der Waals surface area contributed by atoms with E-state index in [-0.39, 0.29) is 30.1 Å². The second-order valence-corrected chi connectivity index (χ2v) is 11.9. The molecule has 0 aromatic carbocycles. The molecule has 0 saturated carbocycles. The smallest absolute Gasteiger partial charge is 0.326 e. The fourth-order valence-corrected chi connectivity index (χ4v) is 3.94. The molecule has 14 heteroatoms. The van der Waals surface area contributed by atoms with Gasteiger partial charge in [0.15, 0.2) is 0 Å². The van der Waals surface area contributed by atoms with Crippen LogP contribution in [0, 0.1) is 23.7 Å². The SMILES string of the molecule is CC[C@H](C)[C@H](NC(=O)[C@@H](N)[C@@H](C)O)C(=O)NCC(=O)N[C@@H](CC(C)C)C(=O)N[C@H](C(=O)N[C@H](C(=O)O)C(C)C)C(C)C. The quantitative estimate of drug-likeness (QED) is 0.0987. The lowest BCUT2D eigenvalue weighted by molar-refractivity contribution is -0.144. The van der Waals surface area contributed by atoms with Crippen LogP contribution in [-0.2, 0) is 28.8 Å². The molecule has 0 saturated heterocycles. The van der Waals surface area contributed by atoms with Gasteiger partial charge in [0.1, 0.15) is 30.2 Å². The van der Waals surface area contributed by atoms with Gasteiger partial charge in [-0.2, -0.15) is 0 Å². The Kier molecular flexibility index (Phi) is 16.9. The zero-order chi connectivity index (χ0) is 32.9. The van der Waals surface area contributed by atoms with Crippen molar-refractivity contribution >= 4 is 35.5 Å². The van der Waals surface area contributed by atoms with Gasteiger partial charge in [0, 0.05) is 0 Å². The number of carbonyl (C=O) groups excluding carboxylic acids is 5. The summed E-state index contributed by atoms with van der Waals surface area (Å²) in [6.07, 6.45) is -0.375. The Balaban J connectivity index is 5.53. The summed E-state index contributed by atoms with van der Waals surface area (Å²) in [6, 6.07) is -5.49. The monoisotopic (exact) mass is 600 g/mol. The Labute approximate surface area is 248 Å². The van der Waals surface area contributed by atoms with Gasteiger partial charge in [0.05, 0.1) is 12.6 Å². The number of hydrogen-bond acceptors (Lipinski definition) is 8. The van der Waals surface area contributed by atoms with Crippen molar-refractivity contribution in [2.75, 3.05) is 6.54 Å². The van der Waals surface area contributed by atoms with Crippen LogP contribution in [0.3, 0.4) is 0 Å². The number of rotatable bonds is 18. The summed E-state index contributed by atoms with van der Waals surface area (Å²) in [6.45, 7) is 14.8. The molecule has 0 rings (SSSR count). The molecule has 0 spiro atoms. The van der Waals surface area contributed by atoms with E-state index in [1.165, 1.54) is 6.92 Å². The van der Waals surface area contributed by atoms with Gasteiger partial charge in [-0.3, -0.25) is 24.0 Å². The summed E-state index contributed by atoms with van der Waals surface area (Å²) < 4.78 is 0. The molecule has 0 fully saturated rings. The van der Waals surface area contributed by atoms with Crippen LogP contribution in [0.1, 0.15) is 75.2 Å². The third kappa shape index (κ3) is 13.1. The lowest BCUT2D eigenvalue weighted by Gasteiger charge is -2.28. The van der Waals surface area contributed by atoms with E-state index in [1.54, 1.807) is 34.6 Å². The number of carboxylic acid groups (broad SMARTS) is 1. The molecule has 0 aliphatic rings. The molecule has 0 aromatic rings. The largest absolute Gasteiger partial charge is 0.480 e. The minimum atomic E-state index is -1.24. The Morgan fingerprint density at radius 1 is 0.690 bits per heavy atom. The van der Waals surface area contributed by atoms with Gasteiger partial charge >= 0.3 is 5.97 Å². The van der Waals surface area contributed by atoms with Crippen molar-refractivity contribution in [1.29, 1.82) is 0 Å². The van der Waals surface area contributed by atoms with Crippen molar-refractivity contribution < 1.29 is 39.0 Å². The zero-order valence-electron chi connectivity index (χ0n) is 26.3. The number of nitrogens with two attached hydrogens (primary N) is 1. The van der Waals surface area contributed by atoms with E-state index in [1.807, 2.05) is 20.8 Å². The van der Waals surface area contributed by atoms with Gasteiger partial charge < -0.3 is 42.5 Å².